The number of hydrogen-bond donors (Lipinski definition) is 3. The Morgan fingerprint density at radius 2 is 2.07 bits per heavy atom. The average molecular weight is 413 g/mol. The van der Waals surface area contributed by atoms with Crippen molar-refractivity contribution in [2.24, 2.45) is 0 Å². The summed E-state index contributed by atoms with van der Waals surface area (Å²) in [4.78, 5) is 22.0. The topological polar surface area (TPSA) is 81.2 Å². The number of nitrogens with zero attached hydrogens (tertiary/aromatic N) is 2. The fraction of sp³-hybridized carbons (Fsp3) is 0.364. The fourth-order valence-electron chi connectivity index (χ4n) is 3.79. The molecule has 0 spiro atoms. The number of amides is 1. The highest BCUT2D eigenvalue weighted by molar-refractivity contribution is 6.34. The second-order valence-corrected chi connectivity index (χ2v) is 7.94. The van der Waals surface area contributed by atoms with Gasteiger partial charge in [-0.3, -0.25) is 9.69 Å². The van der Waals surface area contributed by atoms with E-state index in [4.69, 9.17) is 11.6 Å². The van der Waals surface area contributed by atoms with Crippen molar-refractivity contribution in [1.29, 1.82) is 0 Å². The third-order valence-electron chi connectivity index (χ3n) is 5.31. The number of halogens is 1. The number of nitrogens with one attached hydrogen (secondary N) is 2. The van der Waals surface area contributed by atoms with Gasteiger partial charge in [-0.25, -0.2) is 4.98 Å². The van der Waals surface area contributed by atoms with Gasteiger partial charge in [0.2, 0.25) is 5.91 Å². The monoisotopic (exact) mass is 412 g/mol. The first-order valence-corrected chi connectivity index (χ1v) is 10.3. The molecule has 1 amide bonds. The van der Waals surface area contributed by atoms with E-state index in [0.29, 0.717) is 24.4 Å². The molecule has 0 fully saturated rings. The van der Waals surface area contributed by atoms with Crippen molar-refractivity contribution in [3.05, 3.63) is 64.4 Å². The lowest BCUT2D eigenvalue weighted by Gasteiger charge is -2.30. The van der Waals surface area contributed by atoms with Crippen LogP contribution in [-0.4, -0.2) is 51.6 Å². The Balaban J connectivity index is 1.20. The minimum atomic E-state index is -0.589. The van der Waals surface area contributed by atoms with Crippen molar-refractivity contribution in [3.8, 4) is 0 Å². The number of aliphatic hydroxyl groups is 1. The van der Waals surface area contributed by atoms with Crippen LogP contribution in [0, 0.1) is 0 Å². The van der Waals surface area contributed by atoms with Crippen LogP contribution in [0.25, 0.3) is 11.0 Å². The molecule has 1 aromatic heterocycles. The standard InChI is InChI=1S/C22H25ClN4O2/c23-18-6-3-7-19-22(18)26-20(25-19)8-9-21(29)24-12-17(28)14-27-11-10-15-4-1-2-5-16(15)13-27/h1-7,17,28H,8-14H2,(H,24,29)(H,25,26)/t17-/m0/s1. The van der Waals surface area contributed by atoms with Crippen LogP contribution in [0.3, 0.4) is 0 Å². The molecule has 1 aliphatic heterocycles. The average Bonchev–Trinajstić information content (AvgIpc) is 3.15. The van der Waals surface area contributed by atoms with Gasteiger partial charge in [-0.15, -0.1) is 0 Å². The van der Waals surface area contributed by atoms with Gasteiger partial charge in [0.1, 0.15) is 11.3 Å². The molecule has 3 aromatic rings. The maximum Gasteiger partial charge on any atom is 0.220 e. The number of benzene rings is 2. The van der Waals surface area contributed by atoms with Gasteiger partial charge in [-0.1, -0.05) is 41.9 Å². The first-order valence-electron chi connectivity index (χ1n) is 9.95. The first kappa shape index (κ1) is 19.9. The number of aromatic nitrogens is 2. The molecule has 6 nitrogen and oxygen atoms in total. The highest BCUT2D eigenvalue weighted by atomic mass is 35.5. The molecule has 0 aliphatic carbocycles. The van der Waals surface area contributed by atoms with E-state index in [-0.39, 0.29) is 12.5 Å². The zero-order valence-corrected chi connectivity index (χ0v) is 17.0. The van der Waals surface area contributed by atoms with E-state index in [1.807, 2.05) is 12.1 Å². The Morgan fingerprint density at radius 1 is 1.24 bits per heavy atom. The number of aliphatic hydroxyl groups excluding tert-OH is 1. The number of aryl methyl sites for hydroxylation is 1. The van der Waals surface area contributed by atoms with E-state index >= 15 is 0 Å². The summed E-state index contributed by atoms with van der Waals surface area (Å²) in [7, 11) is 0. The summed E-state index contributed by atoms with van der Waals surface area (Å²) in [6.45, 7) is 2.58. The Hall–Kier alpha value is -2.41. The third kappa shape index (κ3) is 4.96. The Kier molecular flexibility index (Phi) is 6.13. The van der Waals surface area contributed by atoms with Crippen LogP contribution >= 0.6 is 11.6 Å². The third-order valence-corrected chi connectivity index (χ3v) is 5.62. The van der Waals surface area contributed by atoms with Gasteiger partial charge in [-0.2, -0.15) is 0 Å². The fourth-order valence-corrected chi connectivity index (χ4v) is 4.01. The molecule has 0 saturated carbocycles. The molecule has 4 rings (SSSR count). The number of H-pyrrole nitrogens is 1. The van der Waals surface area contributed by atoms with Crippen LogP contribution in [0.15, 0.2) is 42.5 Å². The molecule has 0 unspecified atom stereocenters. The Bertz CT molecular complexity index is 1000. The van der Waals surface area contributed by atoms with Gasteiger partial charge in [-0.05, 0) is 29.7 Å². The second-order valence-electron chi connectivity index (χ2n) is 7.53. The smallest absolute Gasteiger partial charge is 0.220 e. The molecule has 1 aliphatic rings. The molecule has 2 heterocycles. The number of rotatable bonds is 7. The lowest BCUT2D eigenvalue weighted by Crippen LogP contribution is -2.42. The Morgan fingerprint density at radius 3 is 2.90 bits per heavy atom. The normalized spacial score (nSPS) is 15.2. The number of imidazole rings is 1. The number of carbonyl (C=O) groups is 1. The van der Waals surface area contributed by atoms with Crippen molar-refractivity contribution < 1.29 is 9.90 Å². The van der Waals surface area contributed by atoms with Crippen LogP contribution in [0.2, 0.25) is 5.02 Å². The molecular weight excluding hydrogens is 388 g/mol. The van der Waals surface area contributed by atoms with Gasteiger partial charge in [0.25, 0.3) is 0 Å². The van der Waals surface area contributed by atoms with Gasteiger partial charge >= 0.3 is 0 Å². The summed E-state index contributed by atoms with van der Waals surface area (Å²) in [5.74, 6) is 0.635. The molecule has 152 valence electrons. The van der Waals surface area contributed by atoms with Gasteiger partial charge in [0.05, 0.1) is 16.6 Å². The number of fused-ring (bicyclic) bond motifs is 2. The molecule has 0 bridgehead atoms. The summed E-state index contributed by atoms with van der Waals surface area (Å²) < 4.78 is 0. The van der Waals surface area contributed by atoms with E-state index in [0.717, 1.165) is 36.4 Å². The summed E-state index contributed by atoms with van der Waals surface area (Å²) in [6.07, 6.45) is 1.21. The number of aromatic amines is 1. The van der Waals surface area contributed by atoms with Gasteiger partial charge in [0, 0.05) is 39.0 Å². The predicted molar refractivity (Wildman–Crippen MR) is 114 cm³/mol. The van der Waals surface area contributed by atoms with Crippen molar-refractivity contribution in [2.45, 2.75) is 31.9 Å². The molecule has 1 atom stereocenters. The lowest BCUT2D eigenvalue weighted by atomic mass is 10.00. The minimum absolute atomic E-state index is 0.0976. The van der Waals surface area contributed by atoms with Crippen LogP contribution in [0.1, 0.15) is 23.4 Å². The molecule has 2 aromatic carbocycles. The maximum absolute atomic E-state index is 12.2. The molecular formula is C22H25ClN4O2. The maximum atomic E-state index is 12.2. The molecule has 29 heavy (non-hydrogen) atoms. The van der Waals surface area contributed by atoms with Crippen molar-refractivity contribution in [1.82, 2.24) is 20.2 Å². The largest absolute Gasteiger partial charge is 0.390 e. The summed E-state index contributed by atoms with van der Waals surface area (Å²) in [5, 5.41) is 13.7. The second kappa shape index (κ2) is 8.95. The Labute approximate surface area is 174 Å². The van der Waals surface area contributed by atoms with Crippen molar-refractivity contribution in [2.75, 3.05) is 19.6 Å². The molecule has 7 heteroatoms. The highest BCUT2D eigenvalue weighted by Crippen LogP contribution is 2.21. The summed E-state index contributed by atoms with van der Waals surface area (Å²) >= 11 is 6.13. The SMILES string of the molecule is O=C(CCc1nc2c(Cl)cccc2[nH]1)NC[C@H](O)CN1CCc2ccccc2C1. The predicted octanol–water partition coefficient (Wildman–Crippen LogP) is 2.68. The molecule has 0 radical (unpaired) electrons. The zero-order valence-electron chi connectivity index (χ0n) is 16.2. The quantitative estimate of drug-likeness (QED) is 0.557. The minimum Gasteiger partial charge on any atom is -0.390 e. The molecule has 3 N–H and O–H groups in total. The van der Waals surface area contributed by atoms with E-state index in [2.05, 4.69) is 44.5 Å². The van der Waals surface area contributed by atoms with Crippen LogP contribution in [0.4, 0.5) is 0 Å². The van der Waals surface area contributed by atoms with E-state index in [1.54, 1.807) is 6.07 Å². The van der Waals surface area contributed by atoms with E-state index in [9.17, 15) is 9.90 Å². The number of β-amino-alcohol motifs (C(OH)–C–C–N with tert-alkyl or cyclic N) is 1. The summed E-state index contributed by atoms with van der Waals surface area (Å²) in [6, 6.07) is 14.0. The first-order chi connectivity index (χ1) is 14.1. The van der Waals surface area contributed by atoms with Crippen molar-refractivity contribution >= 4 is 28.5 Å². The lowest BCUT2D eigenvalue weighted by molar-refractivity contribution is -0.121. The highest BCUT2D eigenvalue weighted by Gasteiger charge is 2.18. The van der Waals surface area contributed by atoms with Crippen molar-refractivity contribution in [3.63, 3.8) is 0 Å². The van der Waals surface area contributed by atoms with E-state index in [1.165, 1.54) is 11.1 Å². The molecule has 0 saturated heterocycles. The van der Waals surface area contributed by atoms with Crippen LogP contribution < -0.4 is 5.32 Å². The van der Waals surface area contributed by atoms with E-state index < -0.39 is 6.10 Å². The van der Waals surface area contributed by atoms with Gasteiger partial charge in [0.15, 0.2) is 0 Å². The van der Waals surface area contributed by atoms with Crippen LogP contribution in [0.5, 0.6) is 0 Å². The van der Waals surface area contributed by atoms with Crippen LogP contribution in [-0.2, 0) is 24.2 Å². The number of carbonyl (C=O) groups excluding carboxylic acids is 1. The van der Waals surface area contributed by atoms with Gasteiger partial charge < -0.3 is 15.4 Å². The number of para-hydroxylation sites is 1. The number of hydrogen-bond acceptors (Lipinski definition) is 4. The zero-order chi connectivity index (χ0) is 20.2. The summed E-state index contributed by atoms with van der Waals surface area (Å²) in [5.41, 5.74) is 4.30.